The zero-order valence-electron chi connectivity index (χ0n) is 6.98. The Hall–Kier alpha value is -0.580. The van der Waals surface area contributed by atoms with Crippen molar-refractivity contribution in [1.29, 1.82) is 0 Å². The van der Waals surface area contributed by atoms with Gasteiger partial charge < -0.3 is 0 Å². The quantitative estimate of drug-likeness (QED) is 0.561. The first-order valence-corrected chi connectivity index (χ1v) is 4.94. The van der Waals surface area contributed by atoms with Gasteiger partial charge in [0.1, 0.15) is 6.17 Å². The molecule has 0 aliphatic heterocycles. The van der Waals surface area contributed by atoms with E-state index in [9.17, 15) is 17.6 Å². The SMILES string of the molecule is FC(CBr)c1cccc(C(F)(F)F)c1. The molecule has 0 bridgehead atoms. The Bertz CT molecular complexity index is 308. The lowest BCUT2D eigenvalue weighted by molar-refractivity contribution is -0.137. The van der Waals surface area contributed by atoms with Crippen molar-refractivity contribution in [3.8, 4) is 0 Å². The Balaban J connectivity index is 3.01. The summed E-state index contributed by atoms with van der Waals surface area (Å²) in [5.74, 6) is 0. The Kier molecular flexibility index (Phi) is 3.53. The third kappa shape index (κ3) is 2.70. The zero-order chi connectivity index (χ0) is 10.8. The minimum absolute atomic E-state index is 0.00564. The average molecular weight is 271 g/mol. The van der Waals surface area contributed by atoms with Crippen LogP contribution in [0.5, 0.6) is 0 Å². The number of hydrogen-bond acceptors (Lipinski definition) is 0. The molecule has 0 radical (unpaired) electrons. The summed E-state index contributed by atoms with van der Waals surface area (Å²) in [6.07, 6.45) is -5.82. The number of halogens is 5. The summed E-state index contributed by atoms with van der Waals surface area (Å²) in [4.78, 5) is 0. The molecular formula is C9H7BrF4. The molecule has 0 amide bonds. The minimum Gasteiger partial charge on any atom is -0.241 e. The van der Waals surface area contributed by atoms with Gasteiger partial charge in [-0.1, -0.05) is 28.1 Å². The second kappa shape index (κ2) is 4.29. The van der Waals surface area contributed by atoms with E-state index in [1.54, 1.807) is 0 Å². The molecule has 1 rings (SSSR count). The fraction of sp³-hybridized carbons (Fsp3) is 0.333. The first-order chi connectivity index (χ1) is 6.45. The summed E-state index contributed by atoms with van der Waals surface area (Å²) >= 11 is 2.87. The summed E-state index contributed by atoms with van der Waals surface area (Å²) in [5, 5.41) is -0.00564. The van der Waals surface area contributed by atoms with Crippen molar-refractivity contribution in [2.75, 3.05) is 5.33 Å². The molecule has 0 saturated heterocycles. The van der Waals surface area contributed by atoms with Crippen molar-refractivity contribution in [3.63, 3.8) is 0 Å². The largest absolute Gasteiger partial charge is 0.416 e. The molecule has 0 saturated carbocycles. The molecule has 1 aromatic carbocycles. The van der Waals surface area contributed by atoms with E-state index < -0.39 is 17.9 Å². The van der Waals surface area contributed by atoms with Crippen LogP contribution in [0.25, 0.3) is 0 Å². The number of hydrogen-bond donors (Lipinski definition) is 0. The van der Waals surface area contributed by atoms with Crippen molar-refractivity contribution in [3.05, 3.63) is 35.4 Å². The van der Waals surface area contributed by atoms with E-state index in [0.29, 0.717) is 0 Å². The molecule has 14 heavy (non-hydrogen) atoms. The molecule has 78 valence electrons. The van der Waals surface area contributed by atoms with Gasteiger partial charge in [0.05, 0.1) is 5.56 Å². The summed E-state index contributed by atoms with van der Waals surface area (Å²) in [7, 11) is 0. The van der Waals surface area contributed by atoms with E-state index in [2.05, 4.69) is 15.9 Å². The van der Waals surface area contributed by atoms with Crippen molar-refractivity contribution in [2.24, 2.45) is 0 Å². The number of benzene rings is 1. The summed E-state index contributed by atoms with van der Waals surface area (Å²) in [5.41, 5.74) is -0.782. The molecule has 0 aliphatic carbocycles. The summed E-state index contributed by atoms with van der Waals surface area (Å²) < 4.78 is 49.6. The third-order valence-corrected chi connectivity index (χ3v) is 2.28. The lowest BCUT2D eigenvalue weighted by Gasteiger charge is -2.09. The van der Waals surface area contributed by atoms with Crippen LogP contribution < -0.4 is 0 Å². The first-order valence-electron chi connectivity index (χ1n) is 3.82. The highest BCUT2D eigenvalue weighted by atomic mass is 79.9. The monoisotopic (exact) mass is 270 g/mol. The molecule has 0 nitrogen and oxygen atoms in total. The molecule has 0 N–H and O–H groups in total. The van der Waals surface area contributed by atoms with Crippen LogP contribution in [-0.4, -0.2) is 5.33 Å². The van der Waals surface area contributed by atoms with E-state index in [1.165, 1.54) is 12.1 Å². The number of rotatable bonds is 2. The Morgan fingerprint density at radius 2 is 1.93 bits per heavy atom. The van der Waals surface area contributed by atoms with E-state index in [4.69, 9.17) is 0 Å². The standard InChI is InChI=1S/C9H7BrF4/c10-5-8(11)6-2-1-3-7(4-6)9(12,13)14/h1-4,8H,5H2. The van der Waals surface area contributed by atoms with Crippen molar-refractivity contribution in [2.45, 2.75) is 12.3 Å². The van der Waals surface area contributed by atoms with Gasteiger partial charge in [-0.15, -0.1) is 0 Å². The van der Waals surface area contributed by atoms with E-state index in [-0.39, 0.29) is 10.9 Å². The van der Waals surface area contributed by atoms with E-state index in [0.717, 1.165) is 12.1 Å². The molecule has 0 spiro atoms. The Morgan fingerprint density at radius 1 is 1.29 bits per heavy atom. The van der Waals surface area contributed by atoms with Gasteiger partial charge in [0.15, 0.2) is 0 Å². The molecule has 5 heteroatoms. The van der Waals surface area contributed by atoms with Crippen LogP contribution >= 0.6 is 15.9 Å². The van der Waals surface area contributed by atoms with Crippen LogP contribution in [-0.2, 0) is 6.18 Å². The van der Waals surface area contributed by atoms with Crippen LogP contribution in [0.2, 0.25) is 0 Å². The van der Waals surface area contributed by atoms with Crippen LogP contribution in [0.3, 0.4) is 0 Å². The fourth-order valence-corrected chi connectivity index (χ4v) is 1.37. The minimum atomic E-state index is -4.41. The highest BCUT2D eigenvalue weighted by Gasteiger charge is 2.30. The van der Waals surface area contributed by atoms with Crippen LogP contribution in [0, 0.1) is 0 Å². The molecule has 1 aromatic rings. The van der Waals surface area contributed by atoms with Crippen LogP contribution in [0.15, 0.2) is 24.3 Å². The maximum atomic E-state index is 13.0. The topological polar surface area (TPSA) is 0 Å². The molecule has 1 unspecified atom stereocenters. The fourth-order valence-electron chi connectivity index (χ4n) is 0.999. The number of alkyl halides is 5. The molecule has 0 aromatic heterocycles. The van der Waals surface area contributed by atoms with Gasteiger partial charge in [-0.2, -0.15) is 13.2 Å². The first kappa shape index (κ1) is 11.5. The van der Waals surface area contributed by atoms with Crippen LogP contribution in [0.4, 0.5) is 17.6 Å². The van der Waals surface area contributed by atoms with Gasteiger partial charge in [0, 0.05) is 5.33 Å². The predicted molar refractivity (Wildman–Crippen MR) is 49.1 cm³/mol. The Morgan fingerprint density at radius 3 is 2.43 bits per heavy atom. The second-order valence-electron chi connectivity index (χ2n) is 2.75. The molecule has 1 atom stereocenters. The van der Waals surface area contributed by atoms with Gasteiger partial charge >= 0.3 is 6.18 Å². The van der Waals surface area contributed by atoms with E-state index >= 15 is 0 Å². The van der Waals surface area contributed by atoms with Gasteiger partial charge in [-0.05, 0) is 17.7 Å². The second-order valence-corrected chi connectivity index (χ2v) is 3.39. The van der Waals surface area contributed by atoms with Gasteiger partial charge in [0.2, 0.25) is 0 Å². The van der Waals surface area contributed by atoms with Gasteiger partial charge in [-0.3, -0.25) is 0 Å². The normalized spacial score (nSPS) is 14.1. The van der Waals surface area contributed by atoms with Crippen molar-refractivity contribution in [1.82, 2.24) is 0 Å². The zero-order valence-corrected chi connectivity index (χ0v) is 8.57. The molecule has 0 heterocycles. The summed E-state index contributed by atoms with van der Waals surface area (Å²) in [6.45, 7) is 0. The highest BCUT2D eigenvalue weighted by molar-refractivity contribution is 9.09. The highest BCUT2D eigenvalue weighted by Crippen LogP contribution is 2.31. The summed E-state index contributed by atoms with van der Waals surface area (Å²) in [6, 6.07) is 4.28. The van der Waals surface area contributed by atoms with Crippen molar-refractivity contribution >= 4 is 15.9 Å². The molecule has 0 fully saturated rings. The third-order valence-electron chi connectivity index (χ3n) is 1.71. The lowest BCUT2D eigenvalue weighted by Crippen LogP contribution is -2.06. The Labute approximate surface area is 87.1 Å². The van der Waals surface area contributed by atoms with Gasteiger partial charge in [0.25, 0.3) is 0 Å². The van der Waals surface area contributed by atoms with Crippen molar-refractivity contribution < 1.29 is 17.6 Å². The van der Waals surface area contributed by atoms with Gasteiger partial charge in [-0.25, -0.2) is 4.39 Å². The maximum Gasteiger partial charge on any atom is 0.416 e. The van der Waals surface area contributed by atoms with E-state index in [1.807, 2.05) is 0 Å². The lowest BCUT2D eigenvalue weighted by atomic mass is 10.1. The van der Waals surface area contributed by atoms with Crippen LogP contribution in [0.1, 0.15) is 17.3 Å². The molecule has 0 aliphatic rings. The average Bonchev–Trinajstić information content (AvgIpc) is 2.15. The smallest absolute Gasteiger partial charge is 0.241 e. The maximum absolute atomic E-state index is 13.0. The molecular weight excluding hydrogens is 264 g/mol. The predicted octanol–water partition coefficient (Wildman–Crippen LogP) is 4.11.